The molecule has 6 heteroatoms. The van der Waals surface area contributed by atoms with Crippen molar-refractivity contribution in [2.45, 2.75) is 33.3 Å². The van der Waals surface area contributed by atoms with Crippen LogP contribution in [0.4, 0.5) is 5.69 Å². The molecule has 0 atom stereocenters. The normalized spacial score (nSPS) is 10.9. The van der Waals surface area contributed by atoms with Gasteiger partial charge >= 0.3 is 0 Å². The zero-order valence-corrected chi connectivity index (χ0v) is 17.1. The monoisotopic (exact) mass is 427 g/mol. The molecule has 0 saturated carbocycles. The van der Waals surface area contributed by atoms with Crippen molar-refractivity contribution in [1.82, 2.24) is 10.2 Å². The molecule has 27 heavy (non-hydrogen) atoms. The summed E-state index contributed by atoms with van der Waals surface area (Å²) in [5.74, 6) is 0.568. The second-order valence-electron chi connectivity index (χ2n) is 6.68. The van der Waals surface area contributed by atoms with Crippen molar-refractivity contribution in [3.05, 3.63) is 75.5 Å². The molecule has 0 spiro atoms. The summed E-state index contributed by atoms with van der Waals surface area (Å²) in [5, 5.41) is 9.98. The van der Waals surface area contributed by atoms with Crippen LogP contribution in [-0.4, -0.2) is 16.1 Å². The quantitative estimate of drug-likeness (QED) is 0.550. The number of H-pyrrole nitrogens is 1. The van der Waals surface area contributed by atoms with Gasteiger partial charge in [0.05, 0.1) is 15.9 Å². The first-order chi connectivity index (χ1) is 13.0. The summed E-state index contributed by atoms with van der Waals surface area (Å²) in [5.41, 5.74) is 3.95. The fourth-order valence-electron chi connectivity index (χ4n) is 2.64. The van der Waals surface area contributed by atoms with E-state index in [2.05, 4.69) is 31.4 Å². The number of aromatic nitrogens is 2. The number of nitrogens with zero attached hydrogens (tertiary/aromatic N) is 1. The fraction of sp³-hybridized carbons (Fsp3) is 0.238. The number of rotatable bonds is 6. The Balaban J connectivity index is 1.79. The number of aromatic amines is 1. The van der Waals surface area contributed by atoms with Crippen molar-refractivity contribution >= 4 is 27.5 Å². The van der Waals surface area contributed by atoms with E-state index in [1.54, 1.807) is 0 Å². The highest BCUT2D eigenvalue weighted by molar-refractivity contribution is 9.10. The van der Waals surface area contributed by atoms with Crippen molar-refractivity contribution in [2.75, 3.05) is 5.32 Å². The highest BCUT2D eigenvalue weighted by Crippen LogP contribution is 2.29. The largest absolute Gasteiger partial charge is 0.487 e. The Morgan fingerprint density at radius 3 is 2.63 bits per heavy atom. The first kappa shape index (κ1) is 19.2. The van der Waals surface area contributed by atoms with Gasteiger partial charge in [0.1, 0.15) is 12.4 Å². The zero-order chi connectivity index (χ0) is 19.4. The van der Waals surface area contributed by atoms with Gasteiger partial charge in [-0.3, -0.25) is 9.89 Å². The molecule has 0 aliphatic rings. The van der Waals surface area contributed by atoms with Gasteiger partial charge < -0.3 is 10.1 Å². The lowest BCUT2D eigenvalue weighted by Gasteiger charge is -2.13. The van der Waals surface area contributed by atoms with E-state index in [1.165, 1.54) is 0 Å². The van der Waals surface area contributed by atoms with Crippen LogP contribution >= 0.6 is 15.9 Å². The second kappa shape index (κ2) is 8.39. The number of nitrogens with one attached hydrogen (secondary N) is 2. The Hall–Kier alpha value is -2.60. The molecule has 0 fully saturated rings. The van der Waals surface area contributed by atoms with E-state index >= 15 is 0 Å². The van der Waals surface area contributed by atoms with Gasteiger partial charge in [-0.25, -0.2) is 0 Å². The van der Waals surface area contributed by atoms with Crippen LogP contribution < -0.4 is 10.1 Å². The maximum Gasteiger partial charge on any atom is 0.277 e. The molecule has 0 aliphatic heterocycles. The van der Waals surface area contributed by atoms with Gasteiger partial charge in [-0.1, -0.05) is 50.2 Å². The van der Waals surface area contributed by atoms with Crippen LogP contribution in [0.25, 0.3) is 0 Å². The predicted octanol–water partition coefficient (Wildman–Crippen LogP) is 5.44. The van der Waals surface area contributed by atoms with Crippen LogP contribution in [-0.2, 0) is 6.61 Å². The molecule has 1 heterocycles. The van der Waals surface area contributed by atoms with Crippen LogP contribution in [0.5, 0.6) is 5.75 Å². The lowest BCUT2D eigenvalue weighted by atomic mass is 10.1. The molecule has 3 aromatic rings. The fourth-order valence-corrected chi connectivity index (χ4v) is 3.46. The van der Waals surface area contributed by atoms with Crippen LogP contribution in [0, 0.1) is 6.92 Å². The molecular formula is C21H22BrN3O2. The molecule has 0 saturated heterocycles. The van der Waals surface area contributed by atoms with Gasteiger partial charge in [0, 0.05) is 0 Å². The number of benzene rings is 2. The molecule has 0 unspecified atom stereocenters. The van der Waals surface area contributed by atoms with E-state index in [0.717, 1.165) is 16.8 Å². The van der Waals surface area contributed by atoms with Crippen molar-refractivity contribution in [1.29, 1.82) is 0 Å². The Morgan fingerprint density at radius 2 is 1.96 bits per heavy atom. The lowest BCUT2D eigenvalue weighted by molar-refractivity contribution is 0.102. The third-order valence-electron chi connectivity index (χ3n) is 4.15. The van der Waals surface area contributed by atoms with Crippen molar-refractivity contribution in [2.24, 2.45) is 0 Å². The van der Waals surface area contributed by atoms with Gasteiger partial charge in [0.25, 0.3) is 5.91 Å². The van der Waals surface area contributed by atoms with E-state index in [4.69, 9.17) is 4.74 Å². The molecule has 140 valence electrons. The lowest BCUT2D eigenvalue weighted by Crippen LogP contribution is -2.14. The Labute approximate surface area is 167 Å². The third kappa shape index (κ3) is 4.57. The minimum absolute atomic E-state index is 0.234. The van der Waals surface area contributed by atoms with Crippen LogP contribution in [0.1, 0.15) is 47.1 Å². The zero-order valence-electron chi connectivity index (χ0n) is 15.5. The minimum Gasteiger partial charge on any atom is -0.487 e. The van der Waals surface area contributed by atoms with Gasteiger partial charge in [-0.15, -0.1) is 0 Å². The summed E-state index contributed by atoms with van der Waals surface area (Å²) < 4.78 is 6.65. The molecular weight excluding hydrogens is 406 g/mol. The molecule has 2 N–H and O–H groups in total. The molecule has 0 bridgehead atoms. The SMILES string of the molecule is Cc1ccc(NC(=O)c2n[nH]c(C(C)C)c2Br)c(OCc2ccccc2)c1. The summed E-state index contributed by atoms with van der Waals surface area (Å²) in [4.78, 5) is 12.7. The van der Waals surface area contributed by atoms with E-state index in [9.17, 15) is 4.79 Å². The third-order valence-corrected chi connectivity index (χ3v) is 4.95. The molecule has 5 nitrogen and oxygen atoms in total. The Morgan fingerprint density at radius 1 is 1.22 bits per heavy atom. The number of carbonyl (C=O) groups is 1. The van der Waals surface area contributed by atoms with Gasteiger partial charge in [0.2, 0.25) is 0 Å². The summed E-state index contributed by atoms with van der Waals surface area (Å²) in [6.45, 7) is 6.49. The maximum absolute atomic E-state index is 12.7. The minimum atomic E-state index is -0.293. The average molecular weight is 428 g/mol. The number of ether oxygens (including phenoxy) is 1. The first-order valence-corrected chi connectivity index (χ1v) is 9.57. The van der Waals surface area contributed by atoms with E-state index in [-0.39, 0.29) is 11.8 Å². The molecule has 1 amide bonds. The molecule has 1 aromatic heterocycles. The number of hydrogen-bond acceptors (Lipinski definition) is 3. The number of carbonyl (C=O) groups excluding carboxylic acids is 1. The summed E-state index contributed by atoms with van der Waals surface area (Å²) in [6, 6.07) is 15.6. The highest BCUT2D eigenvalue weighted by atomic mass is 79.9. The van der Waals surface area contributed by atoms with Crippen LogP contribution in [0.2, 0.25) is 0 Å². The highest BCUT2D eigenvalue weighted by Gasteiger charge is 2.20. The molecule has 2 aromatic carbocycles. The maximum atomic E-state index is 12.7. The summed E-state index contributed by atoms with van der Waals surface area (Å²) in [7, 11) is 0. The Kier molecular flexibility index (Phi) is 5.96. The number of anilines is 1. The van der Waals surface area contributed by atoms with Crippen molar-refractivity contribution < 1.29 is 9.53 Å². The number of amides is 1. The number of halogens is 1. The first-order valence-electron chi connectivity index (χ1n) is 8.78. The van der Waals surface area contributed by atoms with Crippen LogP contribution in [0.15, 0.2) is 53.0 Å². The molecule has 0 radical (unpaired) electrons. The van der Waals surface area contributed by atoms with E-state index < -0.39 is 0 Å². The van der Waals surface area contributed by atoms with Crippen molar-refractivity contribution in [3.63, 3.8) is 0 Å². The van der Waals surface area contributed by atoms with Gasteiger partial charge in [0.15, 0.2) is 5.69 Å². The van der Waals surface area contributed by atoms with E-state index in [0.29, 0.717) is 28.2 Å². The second-order valence-corrected chi connectivity index (χ2v) is 7.48. The molecule has 0 aliphatic carbocycles. The van der Waals surface area contributed by atoms with Gasteiger partial charge in [-0.2, -0.15) is 5.10 Å². The predicted molar refractivity (Wildman–Crippen MR) is 110 cm³/mol. The summed E-state index contributed by atoms with van der Waals surface area (Å²) >= 11 is 3.47. The smallest absolute Gasteiger partial charge is 0.277 e. The van der Waals surface area contributed by atoms with Gasteiger partial charge in [-0.05, 0) is 52.0 Å². The van der Waals surface area contributed by atoms with Crippen LogP contribution in [0.3, 0.4) is 0 Å². The summed E-state index contributed by atoms with van der Waals surface area (Å²) in [6.07, 6.45) is 0. The van der Waals surface area contributed by atoms with Crippen molar-refractivity contribution in [3.8, 4) is 5.75 Å². The average Bonchev–Trinajstić information content (AvgIpc) is 3.04. The Bertz CT molecular complexity index is 936. The van der Waals surface area contributed by atoms with E-state index in [1.807, 2.05) is 69.3 Å². The molecule has 3 rings (SSSR count). The standard InChI is InChI=1S/C21H22BrN3O2/c1-13(2)19-18(22)20(25-24-19)21(26)23-16-10-9-14(3)11-17(16)27-12-15-7-5-4-6-8-15/h4-11,13H,12H2,1-3H3,(H,23,26)(H,24,25). The number of aryl methyl sites for hydroxylation is 1. The number of hydrogen-bond donors (Lipinski definition) is 2. The topological polar surface area (TPSA) is 67.0 Å².